The van der Waals surface area contributed by atoms with Gasteiger partial charge >= 0.3 is 0 Å². The smallest absolute Gasteiger partial charge is 0.275 e. The van der Waals surface area contributed by atoms with Crippen molar-refractivity contribution in [2.45, 2.75) is 25.9 Å². The molecule has 180 valence electrons. The molecule has 1 aliphatic rings. The molecule has 0 unspecified atom stereocenters. The van der Waals surface area contributed by atoms with Gasteiger partial charge in [0.15, 0.2) is 5.82 Å². The van der Waals surface area contributed by atoms with Gasteiger partial charge in [0.25, 0.3) is 5.91 Å². The van der Waals surface area contributed by atoms with E-state index >= 15 is 0 Å². The standard InChI is InChI=1S/C22H25F2N5O2S.CHN/c1-13-11-29(9-5-8-18(13)31-3)22-16(10-25-28(22)2)26-20(30)17-12-32-21(27-17)19-14(23)6-4-7-15(19)24;1-2/h4,6-7,10,12-13,18H,5,8-9,11H2,1-3H3,(H,26,30);1H/t13-,18+;/m0./s1. The maximum absolute atomic E-state index is 14.1. The topological polar surface area (TPSA) is 96.1 Å². The number of nitriles is 1. The van der Waals surface area contributed by atoms with Gasteiger partial charge in [-0.3, -0.25) is 9.48 Å². The fraction of sp³-hybridized carbons (Fsp3) is 0.391. The van der Waals surface area contributed by atoms with Crippen LogP contribution < -0.4 is 10.2 Å². The number of aryl methyl sites for hydroxylation is 1. The Morgan fingerprint density at radius 1 is 1.32 bits per heavy atom. The number of methoxy groups -OCH3 is 1. The molecular weight excluding hydrogens is 462 g/mol. The zero-order valence-corrected chi connectivity index (χ0v) is 20.0. The second kappa shape index (κ2) is 11.2. The van der Waals surface area contributed by atoms with Crippen LogP contribution in [0.15, 0.2) is 29.8 Å². The quantitative estimate of drug-likeness (QED) is 0.570. The van der Waals surface area contributed by atoms with Gasteiger partial charge in [0, 0.05) is 39.2 Å². The minimum atomic E-state index is -0.717. The van der Waals surface area contributed by atoms with E-state index in [2.05, 4.69) is 33.8 Å². The summed E-state index contributed by atoms with van der Waals surface area (Å²) in [5, 5.41) is 15.3. The van der Waals surface area contributed by atoms with Crippen LogP contribution in [0.5, 0.6) is 0 Å². The number of anilines is 2. The number of carbonyl (C=O) groups excluding carboxylic acids is 1. The van der Waals surface area contributed by atoms with Crippen LogP contribution in [0.25, 0.3) is 10.6 Å². The zero-order valence-electron chi connectivity index (χ0n) is 19.2. The van der Waals surface area contributed by atoms with Gasteiger partial charge in [-0.25, -0.2) is 19.0 Å². The Hall–Kier alpha value is -3.36. The van der Waals surface area contributed by atoms with E-state index in [1.54, 1.807) is 18.0 Å². The normalized spacial score (nSPS) is 18.0. The summed E-state index contributed by atoms with van der Waals surface area (Å²) in [5.74, 6) is -0.776. The molecule has 1 N–H and O–H groups in total. The first-order valence-electron chi connectivity index (χ1n) is 10.7. The van der Waals surface area contributed by atoms with E-state index in [4.69, 9.17) is 10.00 Å². The van der Waals surface area contributed by atoms with E-state index in [0.29, 0.717) is 11.6 Å². The number of nitrogens with zero attached hydrogens (tertiary/aromatic N) is 5. The van der Waals surface area contributed by atoms with Crippen molar-refractivity contribution in [3.63, 3.8) is 0 Å². The molecule has 1 saturated heterocycles. The minimum absolute atomic E-state index is 0.0890. The number of ether oxygens (including phenoxy) is 1. The molecule has 0 spiro atoms. The molecule has 11 heteroatoms. The summed E-state index contributed by atoms with van der Waals surface area (Å²) < 4.78 is 35.5. The van der Waals surface area contributed by atoms with Crippen LogP contribution >= 0.6 is 11.3 Å². The molecule has 34 heavy (non-hydrogen) atoms. The molecule has 4 rings (SSSR count). The lowest BCUT2D eigenvalue weighted by Crippen LogP contribution is -2.33. The maximum atomic E-state index is 14.1. The van der Waals surface area contributed by atoms with Crippen molar-refractivity contribution in [2.24, 2.45) is 13.0 Å². The first-order chi connectivity index (χ1) is 16.4. The SMILES string of the molecule is C#N.CO[C@@H]1CCCN(c2c(NC(=O)c3csc(-c4c(F)cccc4F)n3)cnn2C)C[C@@H]1C. The summed E-state index contributed by atoms with van der Waals surface area (Å²) in [6, 6.07) is 3.62. The van der Waals surface area contributed by atoms with Gasteiger partial charge in [-0.15, -0.1) is 11.3 Å². The van der Waals surface area contributed by atoms with E-state index < -0.39 is 17.5 Å². The van der Waals surface area contributed by atoms with Crippen molar-refractivity contribution in [3.8, 4) is 17.1 Å². The van der Waals surface area contributed by atoms with Gasteiger partial charge in [0.1, 0.15) is 28.0 Å². The van der Waals surface area contributed by atoms with Crippen molar-refractivity contribution in [1.82, 2.24) is 14.8 Å². The first kappa shape index (κ1) is 25.3. The molecule has 1 aliphatic heterocycles. The third-order valence-electron chi connectivity index (χ3n) is 5.73. The Morgan fingerprint density at radius 2 is 2.03 bits per heavy atom. The van der Waals surface area contributed by atoms with E-state index in [-0.39, 0.29) is 22.4 Å². The molecule has 0 aliphatic carbocycles. The average Bonchev–Trinajstić information content (AvgIpc) is 3.39. The molecular formula is C23H26F2N6O2S. The zero-order chi connectivity index (χ0) is 24.8. The number of amides is 1. The van der Waals surface area contributed by atoms with Gasteiger partial charge in [0.05, 0.1) is 17.9 Å². The lowest BCUT2D eigenvalue weighted by molar-refractivity contribution is 0.0586. The van der Waals surface area contributed by atoms with Crippen LogP contribution in [0.3, 0.4) is 0 Å². The van der Waals surface area contributed by atoms with Crippen LogP contribution in [0.2, 0.25) is 0 Å². The van der Waals surface area contributed by atoms with Crippen LogP contribution in [0.4, 0.5) is 20.3 Å². The molecule has 2 atom stereocenters. The van der Waals surface area contributed by atoms with Gasteiger partial charge in [-0.05, 0) is 30.9 Å². The van der Waals surface area contributed by atoms with Crippen molar-refractivity contribution >= 4 is 28.7 Å². The van der Waals surface area contributed by atoms with Gasteiger partial charge in [0.2, 0.25) is 0 Å². The van der Waals surface area contributed by atoms with Gasteiger partial charge in [-0.1, -0.05) is 13.0 Å². The van der Waals surface area contributed by atoms with Gasteiger partial charge in [-0.2, -0.15) is 5.10 Å². The van der Waals surface area contributed by atoms with Crippen LogP contribution in [0.1, 0.15) is 30.3 Å². The molecule has 8 nitrogen and oxygen atoms in total. The summed E-state index contributed by atoms with van der Waals surface area (Å²) >= 11 is 1.02. The average molecular weight is 489 g/mol. The predicted octanol–water partition coefficient (Wildman–Crippen LogP) is 4.47. The number of rotatable bonds is 5. The Morgan fingerprint density at radius 3 is 2.71 bits per heavy atom. The summed E-state index contributed by atoms with van der Waals surface area (Å²) in [5.41, 5.74) is 0.420. The molecule has 0 saturated carbocycles. The van der Waals surface area contributed by atoms with Crippen molar-refractivity contribution in [1.29, 1.82) is 5.26 Å². The second-order valence-electron chi connectivity index (χ2n) is 7.93. The second-order valence-corrected chi connectivity index (χ2v) is 8.79. The van der Waals surface area contributed by atoms with E-state index in [1.165, 1.54) is 11.4 Å². The summed E-state index contributed by atoms with van der Waals surface area (Å²) in [4.78, 5) is 19.2. The number of hydrogen-bond donors (Lipinski definition) is 1. The minimum Gasteiger partial charge on any atom is -0.381 e. The number of thiazole rings is 1. The Labute approximate surface area is 200 Å². The van der Waals surface area contributed by atoms with E-state index in [1.807, 2.05) is 7.05 Å². The van der Waals surface area contributed by atoms with Crippen LogP contribution in [-0.4, -0.2) is 47.0 Å². The highest BCUT2D eigenvalue weighted by Crippen LogP contribution is 2.32. The molecule has 3 heterocycles. The lowest BCUT2D eigenvalue weighted by atomic mass is 10.0. The largest absolute Gasteiger partial charge is 0.381 e. The number of aromatic nitrogens is 3. The van der Waals surface area contributed by atoms with Crippen LogP contribution in [-0.2, 0) is 11.8 Å². The number of hydrogen-bond acceptors (Lipinski definition) is 7. The van der Waals surface area contributed by atoms with Crippen molar-refractivity contribution in [2.75, 3.05) is 30.4 Å². The fourth-order valence-electron chi connectivity index (χ4n) is 4.14. The summed E-state index contributed by atoms with van der Waals surface area (Å²) in [6.45, 7) is 7.24. The molecule has 1 fully saturated rings. The Kier molecular flexibility index (Phi) is 8.31. The fourth-order valence-corrected chi connectivity index (χ4v) is 4.99. The highest BCUT2D eigenvalue weighted by atomic mass is 32.1. The Bertz CT molecular complexity index is 1140. The third kappa shape index (κ3) is 5.24. The molecule has 1 amide bonds. The number of carbonyl (C=O) groups is 1. The Balaban J connectivity index is 0.00000158. The van der Waals surface area contributed by atoms with E-state index in [9.17, 15) is 13.6 Å². The van der Waals surface area contributed by atoms with E-state index in [0.717, 1.165) is 55.2 Å². The molecule has 0 radical (unpaired) electrons. The molecule has 1 aromatic carbocycles. The lowest BCUT2D eigenvalue weighted by Gasteiger charge is -2.27. The summed E-state index contributed by atoms with van der Waals surface area (Å²) in [7, 11) is 3.57. The summed E-state index contributed by atoms with van der Waals surface area (Å²) in [6.07, 6.45) is 3.73. The number of benzene rings is 1. The highest BCUT2D eigenvalue weighted by Gasteiger charge is 2.27. The van der Waals surface area contributed by atoms with Crippen molar-refractivity contribution < 1.29 is 18.3 Å². The number of halogens is 2. The maximum Gasteiger partial charge on any atom is 0.275 e. The molecule has 2 aromatic heterocycles. The monoisotopic (exact) mass is 488 g/mol. The highest BCUT2D eigenvalue weighted by molar-refractivity contribution is 7.13. The first-order valence-corrected chi connectivity index (χ1v) is 11.5. The predicted molar refractivity (Wildman–Crippen MR) is 127 cm³/mol. The molecule has 3 aromatic rings. The van der Waals surface area contributed by atoms with Gasteiger partial charge < -0.3 is 15.0 Å². The molecule has 0 bridgehead atoms. The van der Waals surface area contributed by atoms with Crippen molar-refractivity contribution in [3.05, 3.63) is 47.1 Å². The number of nitrogens with one attached hydrogen (secondary N) is 1. The third-order valence-corrected chi connectivity index (χ3v) is 6.59. The van der Waals surface area contributed by atoms with Crippen LogP contribution in [0, 0.1) is 29.4 Å².